The van der Waals surface area contributed by atoms with Crippen LogP contribution < -0.4 is 10.1 Å². The van der Waals surface area contributed by atoms with E-state index in [0.29, 0.717) is 17.4 Å². The molecule has 0 aliphatic carbocycles. The fraction of sp³-hybridized carbons (Fsp3) is 0.667. The van der Waals surface area contributed by atoms with Gasteiger partial charge >= 0.3 is 0 Å². The summed E-state index contributed by atoms with van der Waals surface area (Å²) in [5.41, 5.74) is 1.74. The monoisotopic (exact) mass is 275 g/mol. The Morgan fingerprint density at radius 1 is 1.35 bits per heavy atom. The summed E-state index contributed by atoms with van der Waals surface area (Å²) in [6.07, 6.45) is 3.61. The predicted molar refractivity (Wildman–Crippen MR) is 85.4 cm³/mol. The number of rotatable bonds is 7. The number of nitrogens with one attached hydrogen (secondary N) is 1. The van der Waals surface area contributed by atoms with Crippen LogP contribution >= 0.6 is 0 Å². The van der Waals surface area contributed by atoms with Gasteiger partial charge in [-0.2, -0.15) is 0 Å². The number of hydrogen-bond donors (Lipinski definition) is 1. The number of fused-ring (bicyclic) bond motifs is 1. The molecule has 0 bridgehead atoms. The molecule has 0 radical (unpaired) electrons. The van der Waals surface area contributed by atoms with Crippen LogP contribution in [0.15, 0.2) is 24.3 Å². The van der Waals surface area contributed by atoms with Crippen LogP contribution in [0.2, 0.25) is 0 Å². The van der Waals surface area contributed by atoms with E-state index in [2.05, 4.69) is 57.3 Å². The van der Waals surface area contributed by atoms with Gasteiger partial charge in [-0.3, -0.25) is 0 Å². The molecule has 0 saturated heterocycles. The Hall–Kier alpha value is -1.02. The third-order valence-corrected chi connectivity index (χ3v) is 4.20. The molecule has 2 heteroatoms. The predicted octanol–water partition coefficient (Wildman–Crippen LogP) is 4.36. The largest absolute Gasteiger partial charge is 0.493 e. The van der Waals surface area contributed by atoms with E-state index in [4.69, 9.17) is 4.74 Å². The molecule has 112 valence electrons. The van der Waals surface area contributed by atoms with Crippen molar-refractivity contribution >= 4 is 0 Å². The Morgan fingerprint density at radius 3 is 2.85 bits per heavy atom. The summed E-state index contributed by atoms with van der Waals surface area (Å²) < 4.78 is 5.81. The Bertz CT molecular complexity index is 427. The van der Waals surface area contributed by atoms with Gasteiger partial charge in [0.05, 0.1) is 6.61 Å². The number of para-hydroxylation sites is 1. The molecule has 1 aliphatic rings. The first-order valence-corrected chi connectivity index (χ1v) is 7.97. The zero-order valence-electron chi connectivity index (χ0n) is 13.4. The van der Waals surface area contributed by atoms with Gasteiger partial charge in [0.2, 0.25) is 0 Å². The smallest absolute Gasteiger partial charge is 0.122 e. The number of ether oxygens (including phenoxy) is 1. The van der Waals surface area contributed by atoms with Crippen LogP contribution in [0.4, 0.5) is 0 Å². The van der Waals surface area contributed by atoms with Crippen molar-refractivity contribution in [2.45, 2.75) is 58.9 Å². The van der Waals surface area contributed by atoms with Crippen LogP contribution in [0, 0.1) is 5.41 Å². The van der Waals surface area contributed by atoms with Crippen molar-refractivity contribution in [3.05, 3.63) is 29.8 Å². The first-order valence-electron chi connectivity index (χ1n) is 7.97. The van der Waals surface area contributed by atoms with Gasteiger partial charge in [0.15, 0.2) is 0 Å². The van der Waals surface area contributed by atoms with Crippen molar-refractivity contribution in [2.24, 2.45) is 5.41 Å². The van der Waals surface area contributed by atoms with Gasteiger partial charge in [0, 0.05) is 17.5 Å². The van der Waals surface area contributed by atoms with Crippen molar-refractivity contribution < 1.29 is 4.74 Å². The lowest BCUT2D eigenvalue weighted by Gasteiger charge is -2.31. The summed E-state index contributed by atoms with van der Waals surface area (Å²) in [6, 6.07) is 9.08. The van der Waals surface area contributed by atoms with Crippen LogP contribution in [0.1, 0.15) is 58.4 Å². The van der Waals surface area contributed by atoms with E-state index in [0.717, 1.165) is 18.9 Å². The standard InChI is InChI=1S/C18H29NO/c1-5-10-19-14(2)11-18(3,4)12-15-13-20-17-9-7-6-8-16(15)17/h6-9,14-15,19H,5,10-13H2,1-4H3. The lowest BCUT2D eigenvalue weighted by molar-refractivity contribution is 0.226. The van der Waals surface area contributed by atoms with E-state index >= 15 is 0 Å². The van der Waals surface area contributed by atoms with Crippen LogP contribution in [0.25, 0.3) is 0 Å². The van der Waals surface area contributed by atoms with E-state index in [9.17, 15) is 0 Å². The SMILES string of the molecule is CCCNC(C)CC(C)(C)CC1COc2ccccc21. The van der Waals surface area contributed by atoms with Gasteiger partial charge in [-0.1, -0.05) is 39.0 Å². The van der Waals surface area contributed by atoms with Crippen LogP contribution in [0.3, 0.4) is 0 Å². The van der Waals surface area contributed by atoms with Crippen LogP contribution in [0.5, 0.6) is 5.75 Å². The Morgan fingerprint density at radius 2 is 2.10 bits per heavy atom. The van der Waals surface area contributed by atoms with Gasteiger partial charge in [-0.05, 0) is 44.2 Å². The quantitative estimate of drug-likeness (QED) is 0.798. The van der Waals surface area contributed by atoms with E-state index in [1.54, 1.807) is 0 Å². The zero-order chi connectivity index (χ0) is 14.6. The highest BCUT2D eigenvalue weighted by Gasteiger charge is 2.31. The molecule has 0 fully saturated rings. The number of hydrogen-bond acceptors (Lipinski definition) is 2. The minimum atomic E-state index is 0.339. The molecule has 0 aromatic heterocycles. The number of benzene rings is 1. The molecule has 0 spiro atoms. The average Bonchev–Trinajstić information content (AvgIpc) is 2.79. The van der Waals surface area contributed by atoms with Crippen LogP contribution in [-0.4, -0.2) is 19.2 Å². The molecule has 2 unspecified atom stereocenters. The highest BCUT2D eigenvalue weighted by molar-refractivity contribution is 5.39. The topological polar surface area (TPSA) is 21.3 Å². The molecule has 2 rings (SSSR count). The molecule has 1 aromatic rings. The maximum absolute atomic E-state index is 5.81. The molecule has 1 aliphatic heterocycles. The van der Waals surface area contributed by atoms with Gasteiger partial charge in [0.25, 0.3) is 0 Å². The molecule has 20 heavy (non-hydrogen) atoms. The fourth-order valence-corrected chi connectivity index (χ4v) is 3.44. The maximum atomic E-state index is 5.81. The Kier molecular flexibility index (Phi) is 5.09. The van der Waals surface area contributed by atoms with Gasteiger partial charge in [-0.15, -0.1) is 0 Å². The lowest BCUT2D eigenvalue weighted by atomic mass is 9.77. The van der Waals surface area contributed by atoms with Crippen molar-refractivity contribution in [2.75, 3.05) is 13.2 Å². The van der Waals surface area contributed by atoms with E-state index in [1.807, 2.05) is 0 Å². The fourth-order valence-electron chi connectivity index (χ4n) is 3.44. The molecule has 2 nitrogen and oxygen atoms in total. The van der Waals surface area contributed by atoms with E-state index in [-0.39, 0.29) is 0 Å². The van der Waals surface area contributed by atoms with Crippen molar-refractivity contribution in [1.29, 1.82) is 0 Å². The zero-order valence-corrected chi connectivity index (χ0v) is 13.4. The molecule has 1 N–H and O–H groups in total. The third kappa shape index (κ3) is 3.99. The Labute approximate surface area is 123 Å². The summed E-state index contributed by atoms with van der Waals surface area (Å²) in [5.74, 6) is 1.64. The molecular weight excluding hydrogens is 246 g/mol. The van der Waals surface area contributed by atoms with E-state index in [1.165, 1.54) is 24.8 Å². The second-order valence-corrected chi connectivity index (χ2v) is 6.97. The summed E-state index contributed by atoms with van der Waals surface area (Å²) in [6.45, 7) is 11.3. The molecule has 2 atom stereocenters. The van der Waals surface area contributed by atoms with Gasteiger partial charge < -0.3 is 10.1 Å². The molecule has 1 aromatic carbocycles. The van der Waals surface area contributed by atoms with Crippen LogP contribution in [-0.2, 0) is 0 Å². The van der Waals surface area contributed by atoms with E-state index < -0.39 is 0 Å². The lowest BCUT2D eigenvalue weighted by Crippen LogP contribution is -2.32. The van der Waals surface area contributed by atoms with Gasteiger partial charge in [0.1, 0.15) is 5.75 Å². The third-order valence-electron chi connectivity index (χ3n) is 4.20. The minimum absolute atomic E-state index is 0.339. The molecule has 0 saturated carbocycles. The second kappa shape index (κ2) is 6.62. The second-order valence-electron chi connectivity index (χ2n) is 6.97. The Balaban J connectivity index is 1.92. The minimum Gasteiger partial charge on any atom is -0.493 e. The summed E-state index contributed by atoms with van der Waals surface area (Å²) >= 11 is 0. The molecule has 0 amide bonds. The molecular formula is C18H29NO. The van der Waals surface area contributed by atoms with Crippen molar-refractivity contribution in [3.63, 3.8) is 0 Å². The average molecular weight is 275 g/mol. The first kappa shape index (κ1) is 15.4. The summed E-state index contributed by atoms with van der Waals surface area (Å²) in [5, 5.41) is 3.60. The molecule has 1 heterocycles. The highest BCUT2D eigenvalue weighted by atomic mass is 16.5. The summed E-state index contributed by atoms with van der Waals surface area (Å²) in [7, 11) is 0. The first-order chi connectivity index (χ1) is 9.52. The van der Waals surface area contributed by atoms with Crippen molar-refractivity contribution in [3.8, 4) is 5.75 Å². The van der Waals surface area contributed by atoms with Crippen molar-refractivity contribution in [1.82, 2.24) is 5.32 Å². The highest BCUT2D eigenvalue weighted by Crippen LogP contribution is 2.42. The maximum Gasteiger partial charge on any atom is 0.122 e. The van der Waals surface area contributed by atoms with Gasteiger partial charge in [-0.25, -0.2) is 0 Å². The summed E-state index contributed by atoms with van der Waals surface area (Å²) in [4.78, 5) is 0. The normalized spacial score (nSPS) is 19.5.